The van der Waals surface area contributed by atoms with Crippen LogP contribution in [0.5, 0.6) is 0 Å². The smallest absolute Gasteiger partial charge is 0.251 e. The van der Waals surface area contributed by atoms with E-state index in [0.29, 0.717) is 25.3 Å². The number of amides is 1. The summed E-state index contributed by atoms with van der Waals surface area (Å²) in [5, 5.41) is 3.66. The number of benzene rings is 2. The topological polar surface area (TPSA) is 50.4 Å². The van der Waals surface area contributed by atoms with Crippen molar-refractivity contribution in [3.05, 3.63) is 65.2 Å². The monoisotopic (exact) mass is 378 g/mol. The number of hydrogen-bond acceptors (Lipinski definition) is 4. The lowest BCUT2D eigenvalue weighted by Gasteiger charge is -2.17. The van der Waals surface area contributed by atoms with Gasteiger partial charge in [-0.3, -0.25) is 9.52 Å². The lowest BCUT2D eigenvalue weighted by atomic mass is 10.2. The lowest BCUT2D eigenvalue weighted by Crippen LogP contribution is -2.32. The van der Waals surface area contributed by atoms with Crippen molar-refractivity contribution >= 4 is 29.5 Å². The molecule has 1 amide bonds. The van der Waals surface area contributed by atoms with Crippen LogP contribution in [0.15, 0.2) is 59.5 Å². The van der Waals surface area contributed by atoms with Crippen molar-refractivity contribution in [3.63, 3.8) is 0 Å². The largest absolute Gasteiger partial charge is 0.377 e. The summed E-state index contributed by atoms with van der Waals surface area (Å²) in [5.74, 6) is -0.0562. The van der Waals surface area contributed by atoms with E-state index in [1.165, 1.54) is 0 Å². The summed E-state index contributed by atoms with van der Waals surface area (Å²) in [6, 6.07) is 16.9. The molecule has 1 atom stereocenters. The zero-order valence-electron chi connectivity index (χ0n) is 14.2. The normalized spacial score (nSPS) is 11.9. The van der Waals surface area contributed by atoms with Crippen LogP contribution >= 0.6 is 23.5 Å². The van der Waals surface area contributed by atoms with Gasteiger partial charge in [0.2, 0.25) is 0 Å². The van der Waals surface area contributed by atoms with Crippen molar-refractivity contribution in [1.29, 1.82) is 0 Å². The Kier molecular flexibility index (Phi) is 8.83. The van der Waals surface area contributed by atoms with E-state index in [0.717, 1.165) is 16.3 Å². The van der Waals surface area contributed by atoms with Gasteiger partial charge in [-0.25, -0.2) is 0 Å². The lowest BCUT2D eigenvalue weighted by molar-refractivity contribution is 0.0603. The van der Waals surface area contributed by atoms with E-state index in [1.807, 2.05) is 49.4 Å². The van der Waals surface area contributed by atoms with Gasteiger partial charge in [0.05, 0.1) is 6.10 Å². The fourth-order valence-corrected chi connectivity index (χ4v) is 3.07. The Labute approximate surface area is 158 Å². The van der Waals surface area contributed by atoms with E-state index in [1.54, 1.807) is 24.1 Å². The maximum absolute atomic E-state index is 12.0. The quantitative estimate of drug-likeness (QED) is 0.609. The Balaban J connectivity index is 1.70. The molecule has 0 saturated heterocycles. The van der Waals surface area contributed by atoms with Gasteiger partial charge in [-0.2, -0.15) is 0 Å². The summed E-state index contributed by atoms with van der Waals surface area (Å²) in [5.41, 5.74) is 0.673. The second kappa shape index (κ2) is 11.2. The van der Waals surface area contributed by atoms with Gasteiger partial charge in [-0.1, -0.05) is 29.8 Å². The van der Waals surface area contributed by atoms with Crippen molar-refractivity contribution < 1.29 is 9.53 Å². The van der Waals surface area contributed by atoms with Crippen molar-refractivity contribution in [3.8, 4) is 0 Å². The van der Waals surface area contributed by atoms with Gasteiger partial charge in [0, 0.05) is 35.2 Å². The standard InChI is InChI=1S/C19H23ClN2O2S/c1-2-24-17(14-22-25-18-10-8-16(20)9-11-18)12-13-21-19(23)15-6-4-3-5-7-15/h3-11,17,22H,2,12-14H2,1H3,(H,21,23). The van der Waals surface area contributed by atoms with E-state index in [2.05, 4.69) is 10.0 Å². The number of carbonyl (C=O) groups is 1. The maximum Gasteiger partial charge on any atom is 0.251 e. The van der Waals surface area contributed by atoms with Crippen LogP contribution in [-0.2, 0) is 4.74 Å². The summed E-state index contributed by atoms with van der Waals surface area (Å²) in [7, 11) is 0. The van der Waals surface area contributed by atoms with Crippen LogP contribution in [0.3, 0.4) is 0 Å². The molecule has 0 aliphatic heterocycles. The fourth-order valence-electron chi connectivity index (χ4n) is 2.24. The summed E-state index contributed by atoms with van der Waals surface area (Å²) >= 11 is 7.42. The molecule has 25 heavy (non-hydrogen) atoms. The molecule has 0 radical (unpaired) electrons. The first-order chi connectivity index (χ1) is 12.2. The van der Waals surface area contributed by atoms with Crippen LogP contribution in [0, 0.1) is 0 Å². The van der Waals surface area contributed by atoms with E-state index >= 15 is 0 Å². The van der Waals surface area contributed by atoms with Gasteiger partial charge in [0.25, 0.3) is 5.91 Å². The average Bonchev–Trinajstić information content (AvgIpc) is 2.64. The molecule has 134 valence electrons. The molecule has 0 heterocycles. The fraction of sp³-hybridized carbons (Fsp3) is 0.316. The Morgan fingerprint density at radius 3 is 2.56 bits per heavy atom. The molecule has 0 saturated carbocycles. The molecule has 2 rings (SSSR count). The van der Waals surface area contributed by atoms with Crippen LogP contribution in [-0.4, -0.2) is 31.7 Å². The van der Waals surface area contributed by atoms with Crippen LogP contribution in [0.2, 0.25) is 5.02 Å². The second-order valence-electron chi connectivity index (χ2n) is 5.39. The Morgan fingerprint density at radius 1 is 1.16 bits per heavy atom. The van der Waals surface area contributed by atoms with Crippen LogP contribution in [0.1, 0.15) is 23.7 Å². The predicted molar refractivity (Wildman–Crippen MR) is 104 cm³/mol. The minimum absolute atomic E-state index is 0.0425. The van der Waals surface area contributed by atoms with E-state index in [9.17, 15) is 4.79 Å². The molecule has 1 unspecified atom stereocenters. The molecule has 0 aliphatic rings. The Morgan fingerprint density at radius 2 is 1.88 bits per heavy atom. The summed E-state index contributed by atoms with van der Waals surface area (Å²) < 4.78 is 9.05. The van der Waals surface area contributed by atoms with Gasteiger partial charge in [0.1, 0.15) is 0 Å². The molecule has 0 aliphatic carbocycles. The molecule has 2 N–H and O–H groups in total. The first-order valence-corrected chi connectivity index (χ1v) is 9.48. The number of rotatable bonds is 10. The zero-order valence-corrected chi connectivity index (χ0v) is 15.8. The highest BCUT2D eigenvalue weighted by Crippen LogP contribution is 2.17. The molecule has 0 spiro atoms. The number of halogens is 1. The molecule has 2 aromatic carbocycles. The Hall–Kier alpha value is -1.53. The molecule has 0 bridgehead atoms. The zero-order chi connectivity index (χ0) is 17.9. The average molecular weight is 379 g/mol. The third-order valence-corrected chi connectivity index (χ3v) is 4.58. The summed E-state index contributed by atoms with van der Waals surface area (Å²) in [4.78, 5) is 13.1. The van der Waals surface area contributed by atoms with Crippen molar-refractivity contribution in [1.82, 2.24) is 10.0 Å². The number of nitrogens with one attached hydrogen (secondary N) is 2. The number of hydrogen-bond donors (Lipinski definition) is 2. The second-order valence-corrected chi connectivity index (χ2v) is 6.79. The Bertz CT molecular complexity index is 638. The first-order valence-electron chi connectivity index (χ1n) is 8.29. The van der Waals surface area contributed by atoms with Crippen molar-refractivity contribution in [2.75, 3.05) is 19.7 Å². The molecule has 4 nitrogen and oxygen atoms in total. The molecule has 2 aromatic rings. The molecular weight excluding hydrogens is 356 g/mol. The molecule has 6 heteroatoms. The summed E-state index contributed by atoms with van der Waals surface area (Å²) in [6.07, 6.45) is 0.793. The minimum atomic E-state index is -0.0562. The third-order valence-electron chi connectivity index (χ3n) is 3.50. The molecule has 0 fully saturated rings. The first kappa shape index (κ1) is 19.8. The van der Waals surface area contributed by atoms with Gasteiger partial charge in [-0.15, -0.1) is 0 Å². The third kappa shape index (κ3) is 7.48. The van der Waals surface area contributed by atoms with Crippen molar-refractivity contribution in [2.24, 2.45) is 0 Å². The van der Waals surface area contributed by atoms with Crippen LogP contribution in [0.25, 0.3) is 0 Å². The van der Waals surface area contributed by atoms with Crippen LogP contribution in [0.4, 0.5) is 0 Å². The van der Waals surface area contributed by atoms with Gasteiger partial charge < -0.3 is 10.1 Å². The predicted octanol–water partition coefficient (Wildman–Crippen LogP) is 4.16. The summed E-state index contributed by atoms with van der Waals surface area (Å²) in [6.45, 7) is 3.89. The number of carbonyl (C=O) groups excluding carboxylic acids is 1. The van der Waals surface area contributed by atoms with E-state index in [4.69, 9.17) is 16.3 Å². The molecular formula is C19H23ClN2O2S. The highest BCUT2D eigenvalue weighted by molar-refractivity contribution is 7.97. The van der Waals surface area contributed by atoms with Crippen LogP contribution < -0.4 is 10.0 Å². The highest BCUT2D eigenvalue weighted by atomic mass is 35.5. The maximum atomic E-state index is 12.0. The van der Waals surface area contributed by atoms with E-state index in [-0.39, 0.29) is 12.0 Å². The van der Waals surface area contributed by atoms with Gasteiger partial charge >= 0.3 is 0 Å². The number of ether oxygens (including phenoxy) is 1. The highest BCUT2D eigenvalue weighted by Gasteiger charge is 2.10. The minimum Gasteiger partial charge on any atom is -0.377 e. The van der Waals surface area contributed by atoms with Gasteiger partial charge in [-0.05, 0) is 61.7 Å². The van der Waals surface area contributed by atoms with Crippen molar-refractivity contribution in [2.45, 2.75) is 24.3 Å². The van der Waals surface area contributed by atoms with E-state index < -0.39 is 0 Å². The molecule has 0 aromatic heterocycles. The SMILES string of the molecule is CCOC(CCNC(=O)c1ccccc1)CNSc1ccc(Cl)cc1. The van der Waals surface area contributed by atoms with Gasteiger partial charge in [0.15, 0.2) is 0 Å².